The molecule has 0 fully saturated rings. The Morgan fingerprint density at radius 1 is 1.18 bits per heavy atom. The molecule has 1 aromatic rings. The van der Waals surface area contributed by atoms with Crippen LogP contribution in [0.5, 0.6) is 0 Å². The summed E-state index contributed by atoms with van der Waals surface area (Å²) < 4.78 is 0. The number of aryl methyl sites for hydroxylation is 2. The molecule has 1 atom stereocenters. The fourth-order valence-electron chi connectivity index (χ4n) is 2.28. The van der Waals surface area contributed by atoms with Gasteiger partial charge in [-0.25, -0.2) is 0 Å². The second-order valence-electron chi connectivity index (χ2n) is 5.23. The van der Waals surface area contributed by atoms with Crippen molar-refractivity contribution in [2.24, 2.45) is 17.6 Å². The van der Waals surface area contributed by atoms with Crippen LogP contribution in [0, 0.1) is 25.7 Å². The molecule has 0 spiro atoms. The van der Waals surface area contributed by atoms with E-state index in [1.54, 1.807) is 0 Å². The number of carbonyl (C=O) groups is 1. The Hall–Kier alpha value is -1.15. The van der Waals surface area contributed by atoms with Gasteiger partial charge in [-0.3, -0.25) is 4.79 Å². The Morgan fingerprint density at radius 2 is 1.71 bits per heavy atom. The van der Waals surface area contributed by atoms with Crippen LogP contribution in [-0.2, 0) is 11.2 Å². The maximum absolute atomic E-state index is 12.1. The molecule has 0 aliphatic carbocycles. The number of ketones is 1. The van der Waals surface area contributed by atoms with Gasteiger partial charge in [0.25, 0.3) is 0 Å². The highest BCUT2D eigenvalue weighted by Crippen LogP contribution is 2.16. The minimum Gasteiger partial charge on any atom is -0.330 e. The van der Waals surface area contributed by atoms with Crippen LogP contribution in [0.4, 0.5) is 0 Å². The molecule has 17 heavy (non-hydrogen) atoms. The van der Waals surface area contributed by atoms with Crippen LogP contribution in [0.25, 0.3) is 0 Å². The van der Waals surface area contributed by atoms with Crippen LogP contribution in [0.2, 0.25) is 0 Å². The van der Waals surface area contributed by atoms with Gasteiger partial charge in [-0.2, -0.15) is 0 Å². The van der Waals surface area contributed by atoms with E-state index in [0.29, 0.717) is 18.9 Å². The van der Waals surface area contributed by atoms with E-state index in [0.717, 1.165) is 5.56 Å². The van der Waals surface area contributed by atoms with Gasteiger partial charge < -0.3 is 5.73 Å². The lowest BCUT2D eigenvalue weighted by Crippen LogP contribution is -2.29. The van der Waals surface area contributed by atoms with Gasteiger partial charge in [0.15, 0.2) is 0 Å². The first-order valence-corrected chi connectivity index (χ1v) is 6.24. The van der Waals surface area contributed by atoms with E-state index < -0.39 is 0 Å². The summed E-state index contributed by atoms with van der Waals surface area (Å²) in [7, 11) is 0. The number of rotatable bonds is 5. The molecular weight excluding hydrogens is 210 g/mol. The maximum Gasteiger partial charge on any atom is 0.141 e. The average Bonchev–Trinajstić information content (AvgIpc) is 2.15. The van der Waals surface area contributed by atoms with Gasteiger partial charge >= 0.3 is 0 Å². The van der Waals surface area contributed by atoms with Crippen LogP contribution < -0.4 is 5.73 Å². The zero-order valence-electron chi connectivity index (χ0n) is 11.3. The number of hydrogen-bond donors (Lipinski definition) is 1. The Kier molecular flexibility index (Phi) is 4.88. The standard InChI is InChI=1S/C15H23NO/c1-10(2)14(9-16)15(17)8-13-6-11(3)5-12(4)7-13/h5-7,10,14H,8-9,16H2,1-4H3. The van der Waals surface area contributed by atoms with Gasteiger partial charge in [-0.1, -0.05) is 43.2 Å². The lowest BCUT2D eigenvalue weighted by atomic mass is 9.88. The Labute approximate surface area is 104 Å². The van der Waals surface area contributed by atoms with Crippen molar-refractivity contribution < 1.29 is 4.79 Å². The van der Waals surface area contributed by atoms with Crippen LogP contribution >= 0.6 is 0 Å². The number of hydrogen-bond acceptors (Lipinski definition) is 2. The largest absolute Gasteiger partial charge is 0.330 e. The van der Waals surface area contributed by atoms with Gasteiger partial charge in [-0.15, -0.1) is 0 Å². The first-order chi connectivity index (χ1) is 7.93. The van der Waals surface area contributed by atoms with E-state index >= 15 is 0 Å². The number of carbonyl (C=O) groups excluding carboxylic acids is 1. The second kappa shape index (κ2) is 5.97. The topological polar surface area (TPSA) is 43.1 Å². The maximum atomic E-state index is 12.1. The second-order valence-corrected chi connectivity index (χ2v) is 5.23. The van der Waals surface area contributed by atoms with Crippen molar-refractivity contribution in [2.45, 2.75) is 34.1 Å². The Morgan fingerprint density at radius 3 is 2.12 bits per heavy atom. The molecule has 1 aromatic carbocycles. The molecule has 2 N–H and O–H groups in total. The molecule has 2 heteroatoms. The average molecular weight is 233 g/mol. The van der Waals surface area contributed by atoms with E-state index in [1.165, 1.54) is 11.1 Å². The number of nitrogens with two attached hydrogens (primary N) is 1. The lowest BCUT2D eigenvalue weighted by molar-refractivity contribution is -0.123. The minimum atomic E-state index is -0.0178. The van der Waals surface area contributed by atoms with Crippen LogP contribution in [0.15, 0.2) is 18.2 Å². The van der Waals surface area contributed by atoms with Gasteiger partial charge in [0.05, 0.1) is 0 Å². The van der Waals surface area contributed by atoms with E-state index in [9.17, 15) is 4.79 Å². The molecule has 0 radical (unpaired) electrons. The predicted molar refractivity (Wildman–Crippen MR) is 72.0 cm³/mol. The summed E-state index contributed by atoms with van der Waals surface area (Å²) in [5.74, 6) is 0.557. The van der Waals surface area contributed by atoms with E-state index in [4.69, 9.17) is 5.73 Å². The highest BCUT2D eigenvalue weighted by atomic mass is 16.1. The number of Topliss-reactive ketones (excluding diaryl/α,β-unsaturated/α-hetero) is 1. The summed E-state index contributed by atoms with van der Waals surface area (Å²) in [5, 5.41) is 0. The molecule has 0 amide bonds. The molecule has 0 saturated carbocycles. The molecular formula is C15H23NO. The normalized spacial score (nSPS) is 12.8. The highest BCUT2D eigenvalue weighted by Gasteiger charge is 2.20. The minimum absolute atomic E-state index is 0.0178. The summed E-state index contributed by atoms with van der Waals surface area (Å²) in [6.45, 7) is 8.67. The predicted octanol–water partition coefficient (Wildman–Crippen LogP) is 2.65. The SMILES string of the molecule is Cc1cc(C)cc(CC(=O)C(CN)C(C)C)c1. The number of benzene rings is 1. The fourth-order valence-corrected chi connectivity index (χ4v) is 2.28. The van der Waals surface area contributed by atoms with Gasteiger partial charge in [-0.05, 0) is 25.3 Å². The summed E-state index contributed by atoms with van der Waals surface area (Å²) in [6.07, 6.45) is 0.503. The quantitative estimate of drug-likeness (QED) is 0.849. The highest BCUT2D eigenvalue weighted by molar-refractivity contribution is 5.83. The fraction of sp³-hybridized carbons (Fsp3) is 0.533. The Bertz CT molecular complexity index is 376. The molecule has 0 aliphatic heterocycles. The van der Waals surface area contributed by atoms with Crippen LogP contribution in [0.3, 0.4) is 0 Å². The molecule has 1 rings (SSSR count). The van der Waals surface area contributed by atoms with Crippen molar-refractivity contribution in [1.82, 2.24) is 0 Å². The smallest absolute Gasteiger partial charge is 0.141 e. The van der Waals surface area contributed by atoms with E-state index in [2.05, 4.69) is 45.9 Å². The monoisotopic (exact) mass is 233 g/mol. The summed E-state index contributed by atoms with van der Waals surface area (Å²) in [4.78, 5) is 12.1. The van der Waals surface area contributed by atoms with Gasteiger partial charge in [0.1, 0.15) is 5.78 Å². The van der Waals surface area contributed by atoms with Crippen molar-refractivity contribution in [3.05, 3.63) is 34.9 Å². The van der Waals surface area contributed by atoms with Crippen molar-refractivity contribution in [3.63, 3.8) is 0 Å². The van der Waals surface area contributed by atoms with Crippen molar-refractivity contribution in [2.75, 3.05) is 6.54 Å². The third-order valence-corrected chi connectivity index (χ3v) is 3.13. The first kappa shape index (κ1) is 13.9. The molecule has 1 unspecified atom stereocenters. The van der Waals surface area contributed by atoms with E-state index in [-0.39, 0.29) is 11.7 Å². The molecule has 0 aromatic heterocycles. The molecule has 0 heterocycles. The van der Waals surface area contributed by atoms with Crippen LogP contribution in [-0.4, -0.2) is 12.3 Å². The lowest BCUT2D eigenvalue weighted by Gasteiger charge is -2.17. The van der Waals surface area contributed by atoms with Crippen molar-refractivity contribution in [3.8, 4) is 0 Å². The zero-order valence-corrected chi connectivity index (χ0v) is 11.3. The van der Waals surface area contributed by atoms with E-state index in [1.807, 2.05) is 0 Å². The molecule has 94 valence electrons. The molecule has 0 aliphatic rings. The van der Waals surface area contributed by atoms with Crippen molar-refractivity contribution in [1.29, 1.82) is 0 Å². The third kappa shape index (κ3) is 3.97. The first-order valence-electron chi connectivity index (χ1n) is 6.24. The van der Waals surface area contributed by atoms with Gasteiger partial charge in [0.2, 0.25) is 0 Å². The zero-order chi connectivity index (χ0) is 13.0. The Balaban J connectivity index is 2.80. The third-order valence-electron chi connectivity index (χ3n) is 3.13. The molecule has 0 saturated heterocycles. The van der Waals surface area contributed by atoms with Gasteiger partial charge in [0, 0.05) is 18.9 Å². The molecule has 2 nitrogen and oxygen atoms in total. The summed E-state index contributed by atoms with van der Waals surface area (Å²) in [5.41, 5.74) is 9.19. The summed E-state index contributed by atoms with van der Waals surface area (Å²) in [6, 6.07) is 6.29. The summed E-state index contributed by atoms with van der Waals surface area (Å²) >= 11 is 0. The van der Waals surface area contributed by atoms with Crippen LogP contribution in [0.1, 0.15) is 30.5 Å². The molecule has 0 bridgehead atoms. The van der Waals surface area contributed by atoms with Crippen molar-refractivity contribution >= 4 is 5.78 Å².